The summed E-state index contributed by atoms with van der Waals surface area (Å²) in [6.07, 6.45) is 2.26. The van der Waals surface area contributed by atoms with Gasteiger partial charge in [0.15, 0.2) is 0 Å². The van der Waals surface area contributed by atoms with Crippen LogP contribution in [0.5, 0.6) is 0 Å². The molecule has 2 nitrogen and oxygen atoms in total. The molecule has 1 heterocycles. The number of benzene rings is 2. The van der Waals surface area contributed by atoms with E-state index < -0.39 is 0 Å². The Morgan fingerprint density at radius 1 is 0.857 bits per heavy atom. The molecule has 1 N–H and O–H groups in total. The highest BCUT2D eigenvalue weighted by Crippen LogP contribution is 2.24. The maximum absolute atomic E-state index is 3.25. The van der Waals surface area contributed by atoms with Gasteiger partial charge in [-0.3, -0.25) is 4.90 Å². The molecule has 0 fully saturated rings. The zero-order valence-corrected chi connectivity index (χ0v) is 12.8. The lowest BCUT2D eigenvalue weighted by molar-refractivity contribution is 0.250. The molecule has 0 saturated carbocycles. The van der Waals surface area contributed by atoms with E-state index in [0.717, 1.165) is 32.6 Å². The van der Waals surface area contributed by atoms with Crippen molar-refractivity contribution in [3.8, 4) is 0 Å². The SMILES string of the molecule is CNCCCN1Cc2ccccc2Cc2ccccc2C1. The van der Waals surface area contributed by atoms with Gasteiger partial charge in [0.2, 0.25) is 0 Å². The van der Waals surface area contributed by atoms with Gasteiger partial charge in [-0.25, -0.2) is 0 Å². The highest BCUT2D eigenvalue weighted by atomic mass is 15.1. The quantitative estimate of drug-likeness (QED) is 0.865. The number of nitrogens with one attached hydrogen (secondary N) is 1. The minimum Gasteiger partial charge on any atom is -0.320 e. The Morgan fingerprint density at radius 3 is 1.90 bits per heavy atom. The smallest absolute Gasteiger partial charge is 0.0240 e. The van der Waals surface area contributed by atoms with E-state index >= 15 is 0 Å². The van der Waals surface area contributed by atoms with E-state index in [2.05, 4.69) is 58.7 Å². The molecule has 0 bridgehead atoms. The van der Waals surface area contributed by atoms with Gasteiger partial charge in [0.25, 0.3) is 0 Å². The summed E-state index contributed by atoms with van der Waals surface area (Å²) in [5.74, 6) is 0. The maximum Gasteiger partial charge on any atom is 0.0240 e. The van der Waals surface area contributed by atoms with Crippen LogP contribution in [0.25, 0.3) is 0 Å². The minimum atomic E-state index is 1.06. The molecule has 1 aliphatic rings. The Morgan fingerprint density at radius 2 is 1.38 bits per heavy atom. The Balaban J connectivity index is 1.88. The van der Waals surface area contributed by atoms with Gasteiger partial charge in [0.05, 0.1) is 0 Å². The third kappa shape index (κ3) is 3.52. The summed E-state index contributed by atoms with van der Waals surface area (Å²) in [4.78, 5) is 2.58. The van der Waals surface area contributed by atoms with Crippen LogP contribution in [0.3, 0.4) is 0 Å². The van der Waals surface area contributed by atoms with Gasteiger partial charge in [-0.05, 0) is 48.7 Å². The second kappa shape index (κ2) is 6.88. The second-order valence-corrected chi connectivity index (χ2v) is 5.88. The lowest BCUT2D eigenvalue weighted by Gasteiger charge is -2.27. The zero-order chi connectivity index (χ0) is 14.5. The van der Waals surface area contributed by atoms with Crippen LogP contribution >= 0.6 is 0 Å². The number of hydrogen-bond donors (Lipinski definition) is 1. The third-order valence-electron chi connectivity index (χ3n) is 4.31. The molecule has 0 aliphatic carbocycles. The van der Waals surface area contributed by atoms with Gasteiger partial charge in [-0.1, -0.05) is 48.5 Å². The van der Waals surface area contributed by atoms with Crippen molar-refractivity contribution in [2.75, 3.05) is 20.1 Å². The molecule has 0 spiro atoms. The van der Waals surface area contributed by atoms with E-state index in [0.29, 0.717) is 0 Å². The molecule has 1 aliphatic heterocycles. The van der Waals surface area contributed by atoms with E-state index in [1.807, 2.05) is 7.05 Å². The van der Waals surface area contributed by atoms with Gasteiger partial charge in [0.1, 0.15) is 0 Å². The average molecular weight is 280 g/mol. The Hall–Kier alpha value is -1.64. The highest BCUT2D eigenvalue weighted by molar-refractivity contribution is 5.37. The van der Waals surface area contributed by atoms with Crippen LogP contribution in [0.4, 0.5) is 0 Å². The molecule has 2 aromatic rings. The summed E-state index contributed by atoms with van der Waals surface area (Å²) in [5.41, 5.74) is 5.92. The topological polar surface area (TPSA) is 15.3 Å². The van der Waals surface area contributed by atoms with Crippen LogP contribution in [-0.2, 0) is 19.5 Å². The van der Waals surface area contributed by atoms with Crippen LogP contribution in [0.1, 0.15) is 28.7 Å². The lowest BCUT2D eigenvalue weighted by atomic mass is 9.93. The van der Waals surface area contributed by atoms with E-state index in [1.54, 1.807) is 0 Å². The van der Waals surface area contributed by atoms with Crippen LogP contribution in [-0.4, -0.2) is 25.0 Å². The van der Waals surface area contributed by atoms with Crippen molar-refractivity contribution >= 4 is 0 Å². The highest BCUT2D eigenvalue weighted by Gasteiger charge is 2.16. The van der Waals surface area contributed by atoms with Gasteiger partial charge >= 0.3 is 0 Å². The first-order chi connectivity index (χ1) is 10.4. The molecule has 0 saturated heterocycles. The number of nitrogens with zero attached hydrogens (tertiary/aromatic N) is 1. The van der Waals surface area contributed by atoms with Crippen molar-refractivity contribution in [2.45, 2.75) is 25.9 Å². The second-order valence-electron chi connectivity index (χ2n) is 5.88. The van der Waals surface area contributed by atoms with Crippen LogP contribution < -0.4 is 5.32 Å². The minimum absolute atomic E-state index is 1.06. The van der Waals surface area contributed by atoms with E-state index in [9.17, 15) is 0 Å². The summed E-state index contributed by atoms with van der Waals surface area (Å²) < 4.78 is 0. The molecule has 0 aromatic heterocycles. The summed E-state index contributed by atoms with van der Waals surface area (Å²) in [6.45, 7) is 4.35. The normalized spacial score (nSPS) is 14.9. The third-order valence-corrected chi connectivity index (χ3v) is 4.31. The summed E-state index contributed by atoms with van der Waals surface area (Å²) in [5, 5.41) is 3.25. The predicted molar refractivity (Wildman–Crippen MR) is 88.3 cm³/mol. The molecule has 21 heavy (non-hydrogen) atoms. The number of rotatable bonds is 4. The van der Waals surface area contributed by atoms with Gasteiger partial charge in [-0.2, -0.15) is 0 Å². The lowest BCUT2D eigenvalue weighted by Crippen LogP contribution is -2.28. The molecular formula is C19H24N2. The summed E-state index contributed by atoms with van der Waals surface area (Å²) >= 11 is 0. The molecule has 0 unspecified atom stereocenters. The van der Waals surface area contributed by atoms with Crippen LogP contribution in [0.2, 0.25) is 0 Å². The monoisotopic (exact) mass is 280 g/mol. The van der Waals surface area contributed by atoms with Crippen molar-refractivity contribution in [3.05, 3.63) is 70.8 Å². The van der Waals surface area contributed by atoms with Crippen molar-refractivity contribution in [1.29, 1.82) is 0 Å². The summed E-state index contributed by atoms with van der Waals surface area (Å²) in [6, 6.07) is 17.8. The predicted octanol–water partition coefficient (Wildman–Crippen LogP) is 3.20. The molecule has 2 heteroatoms. The van der Waals surface area contributed by atoms with Gasteiger partial charge < -0.3 is 5.32 Å². The molecule has 3 rings (SSSR count). The molecular weight excluding hydrogens is 256 g/mol. The fourth-order valence-electron chi connectivity index (χ4n) is 3.15. The van der Waals surface area contributed by atoms with Crippen LogP contribution in [0.15, 0.2) is 48.5 Å². The Bertz CT molecular complexity index is 544. The molecule has 110 valence electrons. The molecule has 2 aromatic carbocycles. The Labute approximate surface area is 127 Å². The first-order valence-corrected chi connectivity index (χ1v) is 7.87. The first-order valence-electron chi connectivity index (χ1n) is 7.87. The number of fused-ring (bicyclic) bond motifs is 2. The maximum atomic E-state index is 3.25. The molecule has 0 amide bonds. The molecule has 0 atom stereocenters. The molecule has 0 radical (unpaired) electrons. The van der Waals surface area contributed by atoms with E-state index in [-0.39, 0.29) is 0 Å². The van der Waals surface area contributed by atoms with Crippen LogP contribution in [0, 0.1) is 0 Å². The number of hydrogen-bond acceptors (Lipinski definition) is 2. The standard InChI is InChI=1S/C19H24N2/c1-20-11-6-12-21-14-18-9-4-2-7-16(18)13-17-8-3-5-10-19(17)15-21/h2-5,7-10,20H,6,11-15H2,1H3. The van der Waals surface area contributed by atoms with Gasteiger partial charge in [0, 0.05) is 19.6 Å². The zero-order valence-electron chi connectivity index (χ0n) is 12.8. The van der Waals surface area contributed by atoms with Gasteiger partial charge in [-0.15, -0.1) is 0 Å². The largest absolute Gasteiger partial charge is 0.320 e. The van der Waals surface area contributed by atoms with Crippen molar-refractivity contribution < 1.29 is 0 Å². The fourth-order valence-corrected chi connectivity index (χ4v) is 3.15. The van der Waals surface area contributed by atoms with Crippen molar-refractivity contribution in [1.82, 2.24) is 10.2 Å². The van der Waals surface area contributed by atoms with Crippen molar-refractivity contribution in [2.24, 2.45) is 0 Å². The summed E-state index contributed by atoms with van der Waals surface area (Å²) in [7, 11) is 2.03. The van der Waals surface area contributed by atoms with E-state index in [4.69, 9.17) is 0 Å². The van der Waals surface area contributed by atoms with Crippen molar-refractivity contribution in [3.63, 3.8) is 0 Å². The first kappa shape index (κ1) is 14.3. The van der Waals surface area contributed by atoms with E-state index in [1.165, 1.54) is 28.7 Å². The Kier molecular flexibility index (Phi) is 4.69. The average Bonchev–Trinajstić information content (AvgIpc) is 2.49. The fraction of sp³-hybridized carbons (Fsp3) is 0.368.